The van der Waals surface area contributed by atoms with Crippen LogP contribution in [0, 0.1) is 0 Å². The maximum absolute atomic E-state index is 12.8. The summed E-state index contributed by atoms with van der Waals surface area (Å²) in [4.78, 5) is 17.0. The van der Waals surface area contributed by atoms with Gasteiger partial charge >= 0.3 is 0 Å². The molecule has 1 unspecified atom stereocenters. The van der Waals surface area contributed by atoms with Crippen LogP contribution in [0.1, 0.15) is 28.5 Å². The minimum absolute atomic E-state index is 0.170. The number of hydrogen-bond acceptors (Lipinski definition) is 5. The quantitative estimate of drug-likeness (QED) is 0.636. The molecule has 7 nitrogen and oxygen atoms in total. The van der Waals surface area contributed by atoms with E-state index >= 15 is 0 Å². The summed E-state index contributed by atoms with van der Waals surface area (Å²) in [7, 11) is -3.36. The third-order valence-electron chi connectivity index (χ3n) is 5.06. The van der Waals surface area contributed by atoms with Crippen LogP contribution in [0.25, 0.3) is 0 Å². The lowest BCUT2D eigenvalue weighted by molar-refractivity contribution is 0.102. The van der Waals surface area contributed by atoms with Crippen molar-refractivity contribution >= 4 is 27.3 Å². The molecule has 4 rings (SSSR count). The molecular weight excluding hydrogens is 414 g/mol. The van der Waals surface area contributed by atoms with Crippen molar-refractivity contribution in [3.63, 3.8) is 0 Å². The number of hydrogen-bond donors (Lipinski definition) is 1. The lowest BCUT2D eigenvalue weighted by Gasteiger charge is -2.21. The molecule has 1 atom stereocenters. The van der Waals surface area contributed by atoms with E-state index in [1.165, 1.54) is 10.6 Å². The van der Waals surface area contributed by atoms with Gasteiger partial charge in [-0.3, -0.25) is 14.1 Å². The van der Waals surface area contributed by atoms with Crippen LogP contribution in [0.5, 0.6) is 5.75 Å². The molecule has 1 aromatic heterocycles. The molecule has 8 heteroatoms. The fourth-order valence-corrected chi connectivity index (χ4v) is 5.02. The second kappa shape index (κ2) is 8.39. The molecule has 2 heterocycles. The Bertz CT molecular complexity index is 1210. The number of pyridine rings is 1. The van der Waals surface area contributed by atoms with Gasteiger partial charge in [0.25, 0.3) is 5.91 Å². The lowest BCUT2D eigenvalue weighted by Crippen LogP contribution is -2.34. The molecule has 1 N–H and O–H groups in total. The number of rotatable bonds is 6. The Kier molecular flexibility index (Phi) is 5.65. The number of anilines is 2. The molecule has 0 fully saturated rings. The number of nitrogens with one attached hydrogen (secondary N) is 1. The van der Waals surface area contributed by atoms with Gasteiger partial charge in [-0.05, 0) is 61.4 Å². The monoisotopic (exact) mass is 437 g/mol. The number of aromatic nitrogens is 1. The van der Waals surface area contributed by atoms with E-state index in [0.717, 1.165) is 11.3 Å². The third-order valence-corrected chi connectivity index (χ3v) is 6.33. The number of carbonyl (C=O) groups is 1. The molecule has 0 saturated heterocycles. The molecule has 3 aromatic rings. The third kappa shape index (κ3) is 4.69. The SMILES string of the molecule is CC1Cc2cc(C(=O)Nc3cccc(OCc4ccccn4)c3)ccc2N1S(C)(=O)=O. The standard InChI is InChI=1S/C23H23N3O4S/c1-16-12-18-13-17(9-10-22(18)26(16)31(2,28)29)23(27)25-19-7-5-8-21(14-19)30-15-20-6-3-4-11-24-20/h3-11,13-14,16H,12,15H2,1-2H3,(H,25,27). The van der Waals surface area contributed by atoms with Crippen molar-refractivity contribution < 1.29 is 17.9 Å². The predicted molar refractivity (Wildman–Crippen MR) is 120 cm³/mol. The van der Waals surface area contributed by atoms with E-state index in [1.54, 1.807) is 42.6 Å². The van der Waals surface area contributed by atoms with Crippen molar-refractivity contribution in [3.05, 3.63) is 83.7 Å². The number of nitrogens with zero attached hydrogens (tertiary/aromatic N) is 2. The molecule has 160 valence electrons. The van der Waals surface area contributed by atoms with Gasteiger partial charge in [0, 0.05) is 29.6 Å². The number of benzene rings is 2. The summed E-state index contributed by atoms with van der Waals surface area (Å²) < 4.78 is 31.3. The van der Waals surface area contributed by atoms with Gasteiger partial charge in [-0.1, -0.05) is 12.1 Å². The van der Waals surface area contributed by atoms with Crippen molar-refractivity contribution in [2.75, 3.05) is 15.9 Å². The fraction of sp³-hybridized carbons (Fsp3) is 0.217. The Balaban J connectivity index is 1.46. The highest BCUT2D eigenvalue weighted by Crippen LogP contribution is 2.34. The van der Waals surface area contributed by atoms with Gasteiger partial charge in [0.05, 0.1) is 17.6 Å². The zero-order valence-electron chi connectivity index (χ0n) is 17.3. The van der Waals surface area contributed by atoms with Crippen LogP contribution in [0.2, 0.25) is 0 Å². The summed E-state index contributed by atoms with van der Waals surface area (Å²) in [5.41, 5.74) is 3.37. The molecule has 2 aromatic carbocycles. The summed E-state index contributed by atoms with van der Waals surface area (Å²) in [6, 6.07) is 17.7. The number of fused-ring (bicyclic) bond motifs is 1. The van der Waals surface area contributed by atoms with Crippen molar-refractivity contribution in [2.24, 2.45) is 0 Å². The van der Waals surface area contributed by atoms with E-state index in [0.29, 0.717) is 35.7 Å². The molecule has 0 radical (unpaired) electrons. The average Bonchev–Trinajstić information content (AvgIpc) is 3.08. The van der Waals surface area contributed by atoms with E-state index in [1.807, 2.05) is 31.2 Å². The van der Waals surface area contributed by atoms with E-state index in [9.17, 15) is 13.2 Å². The summed E-state index contributed by atoms with van der Waals surface area (Å²) in [5, 5.41) is 2.87. The summed E-state index contributed by atoms with van der Waals surface area (Å²) in [6.45, 7) is 2.19. The molecule has 0 spiro atoms. The Morgan fingerprint density at radius 2 is 2.00 bits per heavy atom. The van der Waals surface area contributed by atoms with Gasteiger partial charge in [-0.25, -0.2) is 8.42 Å². The van der Waals surface area contributed by atoms with Crippen LogP contribution in [-0.2, 0) is 23.1 Å². The molecule has 0 aliphatic carbocycles. The molecule has 31 heavy (non-hydrogen) atoms. The van der Waals surface area contributed by atoms with Crippen molar-refractivity contribution in [2.45, 2.75) is 26.0 Å². The van der Waals surface area contributed by atoms with Gasteiger partial charge in [0.15, 0.2) is 0 Å². The molecule has 0 saturated carbocycles. The molecule has 0 bridgehead atoms. The van der Waals surface area contributed by atoms with E-state index in [4.69, 9.17) is 4.74 Å². The Hall–Kier alpha value is -3.39. The van der Waals surface area contributed by atoms with Crippen molar-refractivity contribution in [3.8, 4) is 5.75 Å². The van der Waals surface area contributed by atoms with Crippen LogP contribution in [-0.4, -0.2) is 31.6 Å². The second-order valence-corrected chi connectivity index (χ2v) is 9.41. The highest BCUT2D eigenvalue weighted by Gasteiger charge is 2.32. The summed E-state index contributed by atoms with van der Waals surface area (Å²) >= 11 is 0. The smallest absolute Gasteiger partial charge is 0.255 e. The normalized spacial score (nSPS) is 15.4. The van der Waals surface area contributed by atoms with Gasteiger partial charge < -0.3 is 10.1 Å². The second-order valence-electron chi connectivity index (χ2n) is 7.55. The number of carbonyl (C=O) groups excluding carboxylic acids is 1. The predicted octanol–water partition coefficient (Wildman–Crippen LogP) is 3.62. The van der Waals surface area contributed by atoms with Gasteiger partial charge in [0.1, 0.15) is 12.4 Å². The Morgan fingerprint density at radius 3 is 2.74 bits per heavy atom. The van der Waals surface area contributed by atoms with Gasteiger partial charge in [-0.2, -0.15) is 0 Å². The maximum Gasteiger partial charge on any atom is 0.255 e. The van der Waals surface area contributed by atoms with Crippen LogP contribution < -0.4 is 14.4 Å². The molecule has 1 amide bonds. The number of sulfonamides is 1. The highest BCUT2D eigenvalue weighted by atomic mass is 32.2. The largest absolute Gasteiger partial charge is 0.487 e. The van der Waals surface area contributed by atoms with Crippen molar-refractivity contribution in [1.82, 2.24) is 4.98 Å². The van der Waals surface area contributed by atoms with E-state index in [2.05, 4.69) is 10.3 Å². The maximum atomic E-state index is 12.8. The molecular formula is C23H23N3O4S. The fourth-order valence-electron chi connectivity index (χ4n) is 3.76. The Labute approximate surface area is 181 Å². The highest BCUT2D eigenvalue weighted by molar-refractivity contribution is 7.92. The van der Waals surface area contributed by atoms with Crippen LogP contribution in [0.4, 0.5) is 11.4 Å². The summed E-state index contributed by atoms with van der Waals surface area (Å²) in [6.07, 6.45) is 3.48. The minimum atomic E-state index is -3.36. The topological polar surface area (TPSA) is 88.6 Å². The number of ether oxygens (including phenoxy) is 1. The first-order chi connectivity index (χ1) is 14.8. The van der Waals surface area contributed by atoms with Crippen LogP contribution in [0.15, 0.2) is 66.9 Å². The first kappa shape index (κ1) is 20.9. The van der Waals surface area contributed by atoms with Crippen LogP contribution in [0.3, 0.4) is 0 Å². The zero-order chi connectivity index (χ0) is 22.0. The zero-order valence-corrected chi connectivity index (χ0v) is 18.1. The van der Waals surface area contributed by atoms with Gasteiger partial charge in [-0.15, -0.1) is 0 Å². The van der Waals surface area contributed by atoms with E-state index < -0.39 is 10.0 Å². The first-order valence-electron chi connectivity index (χ1n) is 9.88. The Morgan fingerprint density at radius 1 is 1.16 bits per heavy atom. The first-order valence-corrected chi connectivity index (χ1v) is 11.7. The number of amides is 1. The lowest BCUT2D eigenvalue weighted by atomic mass is 10.1. The van der Waals surface area contributed by atoms with Crippen molar-refractivity contribution in [1.29, 1.82) is 0 Å². The van der Waals surface area contributed by atoms with Crippen LogP contribution >= 0.6 is 0 Å². The average molecular weight is 438 g/mol. The molecule has 1 aliphatic rings. The minimum Gasteiger partial charge on any atom is -0.487 e. The van der Waals surface area contributed by atoms with Gasteiger partial charge in [0.2, 0.25) is 10.0 Å². The molecule has 1 aliphatic heterocycles. The van der Waals surface area contributed by atoms with E-state index in [-0.39, 0.29) is 11.9 Å². The summed E-state index contributed by atoms with van der Waals surface area (Å²) in [5.74, 6) is 0.352.